The first kappa shape index (κ1) is 21.3. The summed E-state index contributed by atoms with van der Waals surface area (Å²) in [7, 11) is 0. The normalized spacial score (nSPS) is 10.8. The largest absolute Gasteiger partial charge is 0.477 e. The summed E-state index contributed by atoms with van der Waals surface area (Å²) in [4.78, 5) is 23.5. The van der Waals surface area contributed by atoms with Crippen molar-refractivity contribution in [2.75, 3.05) is 38.3 Å². The van der Waals surface area contributed by atoms with Gasteiger partial charge in [-0.15, -0.1) is 0 Å². The molecule has 1 aromatic heterocycles. The second-order valence-electron chi connectivity index (χ2n) is 5.87. The highest BCUT2D eigenvalue weighted by Gasteiger charge is 2.16. The highest BCUT2D eigenvalue weighted by Crippen LogP contribution is 2.22. The lowest BCUT2D eigenvalue weighted by Crippen LogP contribution is -2.19. The molecule has 0 amide bonds. The van der Waals surface area contributed by atoms with Crippen LogP contribution in [0.3, 0.4) is 0 Å². The van der Waals surface area contributed by atoms with Crippen LogP contribution in [0.2, 0.25) is 0 Å². The van der Waals surface area contributed by atoms with Gasteiger partial charge >= 0.3 is 5.97 Å². The Morgan fingerprint density at radius 2 is 2.00 bits per heavy atom. The number of nitrogens with one attached hydrogen (secondary N) is 1. The number of aromatic carboxylic acids is 1. The standard InChI is InChI=1S/C19H22FN3O5/c1-2-23-12-14(19(25)26)18(24)13-10-15(20)16(11-17(13)23)22-5-7-28-9-8-27-6-3-4-21/h10-12,22H,2-3,5-9H2,1H3,(H,25,26). The third kappa shape index (κ3) is 5.28. The smallest absolute Gasteiger partial charge is 0.341 e. The van der Waals surface area contributed by atoms with Crippen molar-refractivity contribution in [3.63, 3.8) is 0 Å². The van der Waals surface area contributed by atoms with Crippen LogP contribution in [0, 0.1) is 17.1 Å². The van der Waals surface area contributed by atoms with E-state index < -0.39 is 17.2 Å². The van der Waals surface area contributed by atoms with Gasteiger partial charge in [0.2, 0.25) is 5.43 Å². The molecule has 0 radical (unpaired) electrons. The van der Waals surface area contributed by atoms with Gasteiger partial charge in [0.15, 0.2) is 0 Å². The molecule has 1 aromatic carbocycles. The Kier molecular flexibility index (Phi) is 7.92. The van der Waals surface area contributed by atoms with E-state index in [0.29, 0.717) is 51.5 Å². The van der Waals surface area contributed by atoms with Gasteiger partial charge in [-0.2, -0.15) is 5.26 Å². The van der Waals surface area contributed by atoms with Crippen LogP contribution in [0.25, 0.3) is 10.9 Å². The minimum atomic E-state index is -1.34. The van der Waals surface area contributed by atoms with Gasteiger partial charge in [0.25, 0.3) is 0 Å². The maximum absolute atomic E-state index is 14.4. The van der Waals surface area contributed by atoms with Crippen molar-refractivity contribution in [2.45, 2.75) is 19.9 Å². The van der Waals surface area contributed by atoms with Crippen LogP contribution in [-0.4, -0.2) is 48.6 Å². The number of ether oxygens (including phenoxy) is 2. The van der Waals surface area contributed by atoms with E-state index in [4.69, 9.17) is 19.8 Å². The molecule has 2 N–H and O–H groups in total. The molecule has 0 bridgehead atoms. The van der Waals surface area contributed by atoms with Crippen molar-refractivity contribution in [1.82, 2.24) is 4.57 Å². The summed E-state index contributed by atoms with van der Waals surface area (Å²) in [5.41, 5.74) is -0.448. The summed E-state index contributed by atoms with van der Waals surface area (Å²) in [5, 5.41) is 20.5. The van der Waals surface area contributed by atoms with Crippen molar-refractivity contribution < 1.29 is 23.8 Å². The van der Waals surface area contributed by atoms with E-state index in [1.807, 2.05) is 6.07 Å². The number of benzene rings is 1. The zero-order valence-electron chi connectivity index (χ0n) is 15.5. The van der Waals surface area contributed by atoms with Gasteiger partial charge in [-0.3, -0.25) is 4.79 Å². The topological polar surface area (TPSA) is 114 Å². The molecule has 1 heterocycles. The first-order valence-electron chi connectivity index (χ1n) is 8.85. The lowest BCUT2D eigenvalue weighted by Gasteiger charge is -2.14. The van der Waals surface area contributed by atoms with Crippen LogP contribution in [0.15, 0.2) is 23.1 Å². The molecule has 8 nitrogen and oxygen atoms in total. The minimum absolute atomic E-state index is 0.0237. The number of halogens is 1. The molecule has 0 unspecified atom stereocenters. The number of pyridine rings is 1. The number of fused-ring (bicyclic) bond motifs is 1. The van der Waals surface area contributed by atoms with Gasteiger partial charge in [0.1, 0.15) is 11.4 Å². The number of rotatable bonds is 11. The Bertz CT molecular complexity index is 936. The van der Waals surface area contributed by atoms with E-state index in [2.05, 4.69) is 5.32 Å². The second kappa shape index (κ2) is 10.4. The number of anilines is 1. The number of hydrogen-bond acceptors (Lipinski definition) is 6. The molecule has 0 aliphatic rings. The molecule has 0 fully saturated rings. The number of carboxylic acids is 1. The van der Waals surface area contributed by atoms with Crippen molar-refractivity contribution in [2.24, 2.45) is 0 Å². The molecule has 0 atom stereocenters. The van der Waals surface area contributed by atoms with Crippen molar-refractivity contribution in [3.05, 3.63) is 39.9 Å². The van der Waals surface area contributed by atoms with Gasteiger partial charge in [0, 0.05) is 24.7 Å². The van der Waals surface area contributed by atoms with E-state index in [0.717, 1.165) is 6.07 Å². The van der Waals surface area contributed by atoms with Crippen molar-refractivity contribution in [3.8, 4) is 6.07 Å². The molecular formula is C19H22FN3O5. The minimum Gasteiger partial charge on any atom is -0.477 e. The third-order valence-corrected chi connectivity index (χ3v) is 4.03. The first-order chi connectivity index (χ1) is 13.5. The zero-order chi connectivity index (χ0) is 20.5. The zero-order valence-corrected chi connectivity index (χ0v) is 15.5. The van der Waals surface area contributed by atoms with Crippen LogP contribution in [-0.2, 0) is 16.0 Å². The molecule has 150 valence electrons. The van der Waals surface area contributed by atoms with Crippen LogP contribution < -0.4 is 10.7 Å². The molecule has 2 aromatic rings. The SMILES string of the molecule is CCn1cc(C(=O)O)c(=O)c2cc(F)c(NCCOCCOCCC#N)cc21. The summed E-state index contributed by atoms with van der Waals surface area (Å²) < 4.78 is 26.5. The molecule has 2 rings (SSSR count). The predicted molar refractivity (Wildman–Crippen MR) is 101 cm³/mol. The summed E-state index contributed by atoms with van der Waals surface area (Å²) in [6, 6.07) is 4.52. The Morgan fingerprint density at radius 1 is 1.29 bits per heavy atom. The summed E-state index contributed by atoms with van der Waals surface area (Å²) >= 11 is 0. The molecule has 0 saturated carbocycles. The Morgan fingerprint density at radius 3 is 2.64 bits per heavy atom. The molecular weight excluding hydrogens is 369 g/mol. The fourth-order valence-electron chi connectivity index (χ4n) is 2.66. The lowest BCUT2D eigenvalue weighted by atomic mass is 10.1. The van der Waals surface area contributed by atoms with Crippen LogP contribution in [0.1, 0.15) is 23.7 Å². The lowest BCUT2D eigenvalue weighted by molar-refractivity contribution is 0.0538. The van der Waals surface area contributed by atoms with Crippen LogP contribution >= 0.6 is 0 Å². The number of aromatic nitrogens is 1. The third-order valence-electron chi connectivity index (χ3n) is 4.03. The highest BCUT2D eigenvalue weighted by molar-refractivity contribution is 5.93. The molecule has 28 heavy (non-hydrogen) atoms. The molecule has 0 aliphatic heterocycles. The fraction of sp³-hybridized carbons (Fsp3) is 0.421. The van der Waals surface area contributed by atoms with Crippen molar-refractivity contribution >= 4 is 22.6 Å². The average Bonchev–Trinajstić information content (AvgIpc) is 2.67. The van der Waals surface area contributed by atoms with E-state index in [1.165, 1.54) is 12.3 Å². The Labute approximate surface area is 161 Å². The van der Waals surface area contributed by atoms with E-state index in [1.54, 1.807) is 11.5 Å². The Balaban J connectivity index is 2.03. The molecule has 9 heteroatoms. The molecule has 0 saturated heterocycles. The van der Waals surface area contributed by atoms with Gasteiger partial charge in [-0.05, 0) is 19.1 Å². The summed E-state index contributed by atoms with van der Waals surface area (Å²) in [5.74, 6) is -1.99. The Hall–Kier alpha value is -2.96. The van der Waals surface area contributed by atoms with Gasteiger partial charge < -0.3 is 24.5 Å². The monoisotopic (exact) mass is 391 g/mol. The van der Waals surface area contributed by atoms with Crippen molar-refractivity contribution in [1.29, 1.82) is 5.26 Å². The highest BCUT2D eigenvalue weighted by atomic mass is 19.1. The van der Waals surface area contributed by atoms with E-state index in [9.17, 15) is 14.0 Å². The molecule has 0 spiro atoms. The number of carboxylic acid groups (broad SMARTS) is 1. The summed E-state index contributed by atoms with van der Waals surface area (Å²) in [6.45, 7) is 3.99. The number of aryl methyl sites for hydroxylation is 1. The number of hydrogen-bond donors (Lipinski definition) is 2. The van der Waals surface area contributed by atoms with E-state index >= 15 is 0 Å². The maximum atomic E-state index is 14.4. The van der Waals surface area contributed by atoms with Gasteiger partial charge in [-0.25, -0.2) is 9.18 Å². The molecule has 0 aliphatic carbocycles. The maximum Gasteiger partial charge on any atom is 0.341 e. The van der Waals surface area contributed by atoms with Crippen LogP contribution in [0.5, 0.6) is 0 Å². The number of nitrogens with zero attached hydrogens (tertiary/aromatic N) is 2. The van der Waals surface area contributed by atoms with Gasteiger partial charge in [-0.1, -0.05) is 0 Å². The number of carbonyl (C=O) groups is 1. The first-order valence-corrected chi connectivity index (χ1v) is 8.85. The quantitative estimate of drug-likeness (QED) is 0.565. The van der Waals surface area contributed by atoms with E-state index in [-0.39, 0.29) is 16.6 Å². The van der Waals surface area contributed by atoms with Gasteiger partial charge in [0.05, 0.1) is 50.1 Å². The fourth-order valence-corrected chi connectivity index (χ4v) is 2.66. The predicted octanol–water partition coefficient (Wildman–Crippen LogP) is 2.22. The average molecular weight is 391 g/mol. The summed E-state index contributed by atoms with van der Waals surface area (Å²) in [6.07, 6.45) is 1.60. The second-order valence-corrected chi connectivity index (χ2v) is 5.87. The number of nitriles is 1. The van der Waals surface area contributed by atoms with Crippen LogP contribution in [0.4, 0.5) is 10.1 Å².